The molecular weight excluding hydrogens is 444 g/mol. The van der Waals surface area contributed by atoms with Gasteiger partial charge in [-0.15, -0.1) is 0 Å². The molecule has 34 heavy (non-hydrogen) atoms. The summed E-state index contributed by atoms with van der Waals surface area (Å²) in [6.45, 7) is 0. The molecule has 1 aromatic heterocycles. The number of carbonyl (C=O) groups is 2. The Bertz CT molecular complexity index is 1400. The average molecular weight is 463 g/mol. The lowest BCUT2D eigenvalue weighted by atomic mass is 9.93. The van der Waals surface area contributed by atoms with E-state index in [-0.39, 0.29) is 28.8 Å². The Hall–Kier alpha value is -4.33. The maximum atomic E-state index is 13.7. The zero-order valence-electron chi connectivity index (χ0n) is 18.0. The Balaban J connectivity index is 1.82. The minimum absolute atomic E-state index is 0.0761. The van der Waals surface area contributed by atoms with Gasteiger partial charge in [0.15, 0.2) is 11.6 Å². The van der Waals surface area contributed by atoms with Crippen molar-refractivity contribution in [3.05, 3.63) is 95.2 Å². The molecule has 1 unspecified atom stereocenters. The number of aromatic hydroxyl groups is 1. The molecule has 0 aliphatic rings. The minimum Gasteiger partial charge on any atom is -0.508 e. The standard InChI is InChI=1S/C26H19F2NO5/c1-34-26(33)20(10-14-2-6-17(30)7-3-14)24-13-19(25(31)32)18-11-15(5-9-23(18)29-24)16-4-8-21(27)22(28)12-16/h2-9,11-13,20,30H,10H2,1H3,(H,31,32). The third-order valence-corrected chi connectivity index (χ3v) is 5.53. The van der Waals surface area contributed by atoms with E-state index in [2.05, 4.69) is 4.98 Å². The van der Waals surface area contributed by atoms with Crippen LogP contribution in [0.1, 0.15) is 27.5 Å². The number of aromatic nitrogens is 1. The number of phenols is 1. The molecule has 4 aromatic rings. The summed E-state index contributed by atoms with van der Waals surface area (Å²) in [5.74, 6) is -4.63. The van der Waals surface area contributed by atoms with Gasteiger partial charge in [-0.3, -0.25) is 9.78 Å². The van der Waals surface area contributed by atoms with Crippen molar-refractivity contribution in [3.63, 3.8) is 0 Å². The molecule has 1 heterocycles. The van der Waals surface area contributed by atoms with Gasteiger partial charge in [-0.2, -0.15) is 0 Å². The van der Waals surface area contributed by atoms with Crippen LogP contribution in [0.2, 0.25) is 0 Å². The van der Waals surface area contributed by atoms with Gasteiger partial charge in [0.25, 0.3) is 0 Å². The average Bonchev–Trinajstić information content (AvgIpc) is 2.83. The van der Waals surface area contributed by atoms with Gasteiger partial charge < -0.3 is 14.9 Å². The van der Waals surface area contributed by atoms with Gasteiger partial charge in [-0.05, 0) is 65.6 Å². The van der Waals surface area contributed by atoms with E-state index < -0.39 is 29.5 Å². The minimum atomic E-state index is -1.23. The van der Waals surface area contributed by atoms with Crippen LogP contribution < -0.4 is 0 Å². The Morgan fingerprint density at radius 1 is 0.941 bits per heavy atom. The van der Waals surface area contributed by atoms with Crippen LogP contribution in [0.4, 0.5) is 8.78 Å². The number of methoxy groups -OCH3 is 1. The first-order valence-corrected chi connectivity index (χ1v) is 10.3. The van der Waals surface area contributed by atoms with E-state index in [4.69, 9.17) is 4.74 Å². The number of carboxylic acids is 1. The molecule has 0 fully saturated rings. The molecule has 8 heteroatoms. The van der Waals surface area contributed by atoms with Gasteiger partial charge in [0.1, 0.15) is 11.7 Å². The molecule has 1 atom stereocenters. The van der Waals surface area contributed by atoms with Crippen molar-refractivity contribution in [1.82, 2.24) is 4.98 Å². The van der Waals surface area contributed by atoms with Gasteiger partial charge in [0.05, 0.1) is 23.9 Å². The van der Waals surface area contributed by atoms with Gasteiger partial charge in [-0.1, -0.05) is 24.3 Å². The van der Waals surface area contributed by atoms with E-state index >= 15 is 0 Å². The lowest BCUT2D eigenvalue weighted by Gasteiger charge is -2.16. The molecule has 0 amide bonds. The lowest BCUT2D eigenvalue weighted by Crippen LogP contribution is -2.19. The van der Waals surface area contributed by atoms with E-state index in [1.165, 1.54) is 37.4 Å². The first kappa shape index (κ1) is 22.8. The number of nitrogens with zero attached hydrogens (tertiary/aromatic N) is 1. The molecule has 0 aliphatic heterocycles. The van der Waals surface area contributed by atoms with Crippen molar-refractivity contribution < 1.29 is 33.3 Å². The number of benzene rings is 3. The maximum absolute atomic E-state index is 13.7. The molecule has 3 aromatic carbocycles. The largest absolute Gasteiger partial charge is 0.508 e. The predicted molar refractivity (Wildman–Crippen MR) is 121 cm³/mol. The van der Waals surface area contributed by atoms with Crippen molar-refractivity contribution >= 4 is 22.8 Å². The Labute approximate surface area is 193 Å². The van der Waals surface area contributed by atoms with Crippen LogP contribution in [0.3, 0.4) is 0 Å². The smallest absolute Gasteiger partial charge is 0.336 e. The fourth-order valence-corrected chi connectivity index (χ4v) is 3.78. The summed E-state index contributed by atoms with van der Waals surface area (Å²) in [4.78, 5) is 29.2. The number of halogens is 2. The predicted octanol–water partition coefficient (Wildman–Crippen LogP) is 5.08. The fraction of sp³-hybridized carbons (Fsp3) is 0.115. The van der Waals surface area contributed by atoms with Gasteiger partial charge in [0, 0.05) is 5.39 Å². The SMILES string of the molecule is COC(=O)C(Cc1ccc(O)cc1)c1cc(C(=O)O)c2cc(-c3ccc(F)c(F)c3)ccc2n1. The second-order valence-electron chi connectivity index (χ2n) is 7.71. The number of ether oxygens (including phenoxy) is 1. The highest BCUT2D eigenvalue weighted by atomic mass is 19.2. The van der Waals surface area contributed by atoms with Crippen molar-refractivity contribution in [2.45, 2.75) is 12.3 Å². The zero-order chi connectivity index (χ0) is 24.4. The molecule has 0 bridgehead atoms. The number of hydrogen-bond acceptors (Lipinski definition) is 5. The zero-order valence-corrected chi connectivity index (χ0v) is 18.0. The summed E-state index contributed by atoms with van der Waals surface area (Å²) in [5.41, 5.74) is 2.02. The third kappa shape index (κ3) is 4.56. The molecular formula is C26H19F2NO5. The monoisotopic (exact) mass is 463 g/mol. The van der Waals surface area contributed by atoms with E-state index in [0.29, 0.717) is 16.6 Å². The topological polar surface area (TPSA) is 96.7 Å². The normalized spacial score (nSPS) is 11.9. The molecule has 0 aliphatic carbocycles. The highest BCUT2D eigenvalue weighted by Crippen LogP contribution is 2.30. The van der Waals surface area contributed by atoms with Gasteiger partial charge in [-0.25, -0.2) is 13.6 Å². The van der Waals surface area contributed by atoms with Crippen LogP contribution >= 0.6 is 0 Å². The van der Waals surface area contributed by atoms with E-state index in [1.54, 1.807) is 24.3 Å². The van der Waals surface area contributed by atoms with Gasteiger partial charge >= 0.3 is 11.9 Å². The molecule has 6 nitrogen and oxygen atoms in total. The fourth-order valence-electron chi connectivity index (χ4n) is 3.78. The lowest BCUT2D eigenvalue weighted by molar-refractivity contribution is -0.142. The number of hydrogen-bond donors (Lipinski definition) is 2. The van der Waals surface area contributed by atoms with Crippen LogP contribution in [0.15, 0.2) is 66.7 Å². The summed E-state index contributed by atoms with van der Waals surface area (Å²) in [7, 11) is 1.24. The van der Waals surface area contributed by atoms with E-state index in [0.717, 1.165) is 17.7 Å². The highest BCUT2D eigenvalue weighted by Gasteiger charge is 2.26. The van der Waals surface area contributed by atoms with Gasteiger partial charge in [0.2, 0.25) is 0 Å². The number of carbonyl (C=O) groups excluding carboxylic acids is 1. The summed E-state index contributed by atoms with van der Waals surface area (Å²) in [5, 5.41) is 19.7. The van der Waals surface area contributed by atoms with Crippen molar-refractivity contribution in [3.8, 4) is 16.9 Å². The van der Waals surface area contributed by atoms with Crippen LogP contribution in [-0.2, 0) is 16.0 Å². The highest BCUT2D eigenvalue weighted by molar-refractivity contribution is 6.04. The Morgan fingerprint density at radius 2 is 1.62 bits per heavy atom. The Morgan fingerprint density at radius 3 is 2.26 bits per heavy atom. The maximum Gasteiger partial charge on any atom is 0.336 e. The van der Waals surface area contributed by atoms with Crippen LogP contribution in [-0.4, -0.2) is 34.2 Å². The summed E-state index contributed by atoms with van der Waals surface area (Å²) in [6, 6.07) is 15.7. The van der Waals surface area contributed by atoms with Crippen molar-refractivity contribution in [2.75, 3.05) is 7.11 Å². The third-order valence-electron chi connectivity index (χ3n) is 5.53. The number of carboxylic acid groups (broad SMARTS) is 1. The van der Waals surface area contributed by atoms with Crippen LogP contribution in [0, 0.1) is 11.6 Å². The summed E-state index contributed by atoms with van der Waals surface area (Å²) < 4.78 is 31.9. The van der Waals surface area contributed by atoms with E-state index in [9.17, 15) is 28.6 Å². The Kier molecular flexibility index (Phi) is 6.23. The quantitative estimate of drug-likeness (QED) is 0.387. The number of aromatic carboxylic acids is 1. The second-order valence-corrected chi connectivity index (χ2v) is 7.71. The number of phenolic OH excluding ortho intramolecular Hbond substituents is 1. The number of fused-ring (bicyclic) bond motifs is 1. The molecule has 4 rings (SSSR count). The van der Waals surface area contributed by atoms with Crippen molar-refractivity contribution in [1.29, 1.82) is 0 Å². The van der Waals surface area contributed by atoms with E-state index in [1.807, 2.05) is 0 Å². The first-order chi connectivity index (χ1) is 16.3. The number of pyridine rings is 1. The molecule has 0 saturated carbocycles. The number of rotatable bonds is 6. The van der Waals surface area contributed by atoms with Crippen molar-refractivity contribution in [2.24, 2.45) is 0 Å². The second kappa shape index (κ2) is 9.27. The molecule has 172 valence electrons. The molecule has 0 spiro atoms. The summed E-state index contributed by atoms with van der Waals surface area (Å²) in [6.07, 6.45) is 0.178. The number of esters is 1. The van der Waals surface area contributed by atoms with Crippen LogP contribution in [0.25, 0.3) is 22.0 Å². The molecule has 2 N–H and O–H groups in total. The van der Waals surface area contributed by atoms with Crippen LogP contribution in [0.5, 0.6) is 5.75 Å². The first-order valence-electron chi connectivity index (χ1n) is 10.3. The molecule has 0 saturated heterocycles. The molecule has 0 radical (unpaired) electrons. The summed E-state index contributed by atoms with van der Waals surface area (Å²) >= 11 is 0.